The molecule has 0 aliphatic heterocycles. The molecule has 0 amide bonds. The second-order valence-electron chi connectivity index (χ2n) is 7.84. The lowest BCUT2D eigenvalue weighted by Gasteiger charge is -2.08. The van der Waals surface area contributed by atoms with Crippen LogP contribution in [0, 0.1) is 0 Å². The average molecular weight is 552 g/mol. The van der Waals surface area contributed by atoms with E-state index < -0.39 is 27.6 Å². The third kappa shape index (κ3) is 9.12. The fourth-order valence-electron chi connectivity index (χ4n) is 2.90. The molecular weight excluding hydrogens is 527 g/mol. The Hall–Kier alpha value is -4.03. The van der Waals surface area contributed by atoms with Crippen LogP contribution in [0.25, 0.3) is 23.1 Å². The van der Waals surface area contributed by atoms with E-state index in [0.717, 1.165) is 16.6 Å². The van der Waals surface area contributed by atoms with Crippen molar-refractivity contribution in [3.8, 4) is 5.75 Å². The van der Waals surface area contributed by atoms with Gasteiger partial charge in [0.25, 0.3) is 0 Å². The molecule has 3 aromatic rings. The van der Waals surface area contributed by atoms with Gasteiger partial charge >= 0.3 is 17.4 Å². The Bertz CT molecular complexity index is 1450. The highest BCUT2D eigenvalue weighted by Gasteiger charge is 2.36. The van der Waals surface area contributed by atoms with Gasteiger partial charge in [-0.15, -0.1) is 0 Å². The summed E-state index contributed by atoms with van der Waals surface area (Å²) in [5, 5.41) is 1.18. The number of aromatic nitrogens is 1. The summed E-state index contributed by atoms with van der Waals surface area (Å²) in [6.07, 6.45) is 6.11. The molecule has 0 spiro atoms. The summed E-state index contributed by atoms with van der Waals surface area (Å²) in [4.78, 5) is 23.2. The number of halogens is 3. The van der Waals surface area contributed by atoms with Gasteiger partial charge in [-0.1, -0.05) is 43.0 Å². The molecule has 0 aliphatic carbocycles. The van der Waals surface area contributed by atoms with Gasteiger partial charge in [0.2, 0.25) is 5.52 Å². The van der Waals surface area contributed by atoms with Gasteiger partial charge in [0.05, 0.1) is 11.8 Å². The Kier molecular flexibility index (Phi) is 10.3. The molecule has 3 rings (SSSR count). The molecule has 0 aliphatic rings. The van der Waals surface area contributed by atoms with Gasteiger partial charge in [0.1, 0.15) is 19.4 Å². The van der Waals surface area contributed by atoms with Gasteiger partial charge in [-0.2, -0.15) is 13.2 Å². The lowest BCUT2D eigenvalue weighted by atomic mass is 10.1. The molecule has 0 saturated heterocycles. The number of ether oxygens (including phenoxy) is 2. The van der Waals surface area contributed by atoms with Crippen molar-refractivity contribution >= 4 is 45.1 Å². The Morgan fingerprint density at radius 3 is 2.24 bits per heavy atom. The van der Waals surface area contributed by atoms with Crippen LogP contribution >= 0.6 is 0 Å². The van der Waals surface area contributed by atoms with Gasteiger partial charge < -0.3 is 14.0 Å². The van der Waals surface area contributed by atoms with Crippen LogP contribution in [0.2, 0.25) is 0 Å². The second-order valence-corrected chi connectivity index (χ2v) is 9.21. The minimum Gasteiger partial charge on any atom is -0.741 e. The van der Waals surface area contributed by atoms with Crippen molar-refractivity contribution in [3.05, 3.63) is 84.1 Å². The molecule has 0 saturated carbocycles. The van der Waals surface area contributed by atoms with E-state index in [9.17, 15) is 22.8 Å². The van der Waals surface area contributed by atoms with Crippen molar-refractivity contribution in [3.63, 3.8) is 0 Å². The number of benzene rings is 2. The molecule has 0 radical (unpaired) electrons. The number of hydrogen-bond donors (Lipinski definition) is 0. The van der Waals surface area contributed by atoms with E-state index in [1.807, 2.05) is 43.6 Å². The zero-order chi connectivity index (χ0) is 28.5. The van der Waals surface area contributed by atoms with Crippen LogP contribution in [-0.2, 0) is 31.5 Å². The third-order valence-corrected chi connectivity index (χ3v) is 5.38. The summed E-state index contributed by atoms with van der Waals surface area (Å²) in [6, 6.07) is 17.6. The Morgan fingerprint density at radius 1 is 1.05 bits per heavy atom. The molecule has 0 unspecified atom stereocenters. The number of esters is 2. The molecule has 0 atom stereocenters. The average Bonchev–Trinajstić information content (AvgIpc) is 2.84. The first-order valence-corrected chi connectivity index (χ1v) is 12.3. The van der Waals surface area contributed by atoms with Crippen LogP contribution in [0.4, 0.5) is 13.2 Å². The highest BCUT2D eigenvalue weighted by atomic mass is 32.2. The van der Waals surface area contributed by atoms with Gasteiger partial charge in [-0.3, -0.25) is 4.79 Å². The van der Waals surface area contributed by atoms with Crippen molar-refractivity contribution < 1.29 is 49.8 Å². The summed E-state index contributed by atoms with van der Waals surface area (Å²) >= 11 is 0. The summed E-state index contributed by atoms with van der Waals surface area (Å²) in [6.45, 7) is 5.00. The molecule has 1 heterocycles. The van der Waals surface area contributed by atoms with Gasteiger partial charge in [0.15, 0.2) is 16.3 Å². The van der Waals surface area contributed by atoms with E-state index in [2.05, 4.69) is 35.4 Å². The first-order chi connectivity index (χ1) is 17.7. The maximum absolute atomic E-state index is 11.9. The lowest BCUT2D eigenvalue weighted by Crippen LogP contribution is -2.28. The van der Waals surface area contributed by atoms with Gasteiger partial charge in [-0.05, 0) is 36.2 Å². The first-order valence-electron chi connectivity index (χ1n) is 10.9. The van der Waals surface area contributed by atoms with E-state index in [4.69, 9.17) is 22.4 Å². The number of carbonyl (C=O) groups is 2. The Balaban J connectivity index is 0.000000550. The molecule has 38 heavy (non-hydrogen) atoms. The second kappa shape index (κ2) is 13.0. The maximum atomic E-state index is 11.9. The summed E-state index contributed by atoms with van der Waals surface area (Å²) in [5.41, 5.74) is -2.07. The number of rotatable bonds is 7. The molecule has 0 fully saturated rings. The molecule has 12 heteroatoms. The highest BCUT2D eigenvalue weighted by Crippen LogP contribution is 2.21. The van der Waals surface area contributed by atoms with E-state index in [0.29, 0.717) is 11.3 Å². The topological polar surface area (TPSA) is 114 Å². The van der Waals surface area contributed by atoms with E-state index in [1.165, 1.54) is 5.39 Å². The molecule has 8 nitrogen and oxygen atoms in total. The number of hydrogen-bond acceptors (Lipinski definition) is 7. The fourth-order valence-corrected chi connectivity index (χ4v) is 2.90. The van der Waals surface area contributed by atoms with E-state index >= 15 is 0 Å². The predicted molar refractivity (Wildman–Crippen MR) is 132 cm³/mol. The predicted octanol–water partition coefficient (Wildman–Crippen LogP) is 4.30. The van der Waals surface area contributed by atoms with Gasteiger partial charge in [-0.25, -0.2) is 17.8 Å². The molecular formula is C26H24F3NO7S. The normalized spacial score (nSPS) is 11.5. The van der Waals surface area contributed by atoms with Crippen LogP contribution in [0.15, 0.2) is 72.9 Å². The zero-order valence-electron chi connectivity index (χ0n) is 20.4. The summed E-state index contributed by atoms with van der Waals surface area (Å²) < 4.78 is 71.2. The molecule has 2 aromatic carbocycles. The van der Waals surface area contributed by atoms with Crippen molar-refractivity contribution in [1.82, 2.24) is 0 Å². The smallest absolute Gasteiger partial charge is 0.485 e. The fraction of sp³-hybridized carbons (Fsp3) is 0.192. The third-order valence-electron chi connectivity index (χ3n) is 4.81. The van der Waals surface area contributed by atoms with Crippen LogP contribution in [0.3, 0.4) is 0 Å². The lowest BCUT2D eigenvalue weighted by molar-refractivity contribution is -0.644. The molecule has 202 valence electrons. The van der Waals surface area contributed by atoms with Crippen molar-refractivity contribution in [2.75, 3.05) is 6.61 Å². The SMILES string of the molecule is C=C(C)C(=O)OCCC(=O)Oc1ccc(C=Cc2cc[n+](C)c3ccccc23)cc1.O=S(=O)([O-])C(F)(F)F. The monoisotopic (exact) mass is 551 g/mol. The van der Waals surface area contributed by atoms with E-state index in [-0.39, 0.29) is 13.0 Å². The van der Waals surface area contributed by atoms with Crippen LogP contribution in [0.5, 0.6) is 5.75 Å². The summed E-state index contributed by atoms with van der Waals surface area (Å²) in [7, 11) is -4.06. The number of pyridine rings is 1. The Morgan fingerprint density at radius 2 is 1.66 bits per heavy atom. The minimum atomic E-state index is -6.09. The quantitative estimate of drug-likeness (QED) is 0.107. The number of carbonyl (C=O) groups excluding carboxylic acids is 2. The van der Waals surface area contributed by atoms with Gasteiger partial charge in [0, 0.05) is 17.7 Å². The summed E-state index contributed by atoms with van der Waals surface area (Å²) in [5.74, 6) is -0.532. The van der Waals surface area contributed by atoms with Crippen molar-refractivity contribution in [2.24, 2.45) is 7.05 Å². The zero-order valence-corrected chi connectivity index (χ0v) is 21.2. The molecule has 1 aromatic heterocycles. The Labute approximate surface area is 217 Å². The number of para-hydroxylation sites is 1. The van der Waals surface area contributed by atoms with Crippen LogP contribution in [-0.4, -0.2) is 37.0 Å². The number of alkyl halides is 3. The van der Waals surface area contributed by atoms with Crippen LogP contribution in [0.1, 0.15) is 24.5 Å². The largest absolute Gasteiger partial charge is 0.741 e. The van der Waals surface area contributed by atoms with Crippen molar-refractivity contribution in [1.29, 1.82) is 0 Å². The molecule has 0 N–H and O–H groups in total. The van der Waals surface area contributed by atoms with Crippen molar-refractivity contribution in [2.45, 2.75) is 18.9 Å². The highest BCUT2D eigenvalue weighted by molar-refractivity contribution is 7.86. The van der Waals surface area contributed by atoms with E-state index in [1.54, 1.807) is 19.1 Å². The minimum absolute atomic E-state index is 0.0147. The number of fused-ring (bicyclic) bond motifs is 1. The molecule has 0 bridgehead atoms. The first kappa shape index (κ1) is 30.2. The number of nitrogens with zero attached hydrogens (tertiary/aromatic N) is 1. The van der Waals surface area contributed by atoms with Crippen LogP contribution < -0.4 is 9.30 Å². The standard InChI is InChI=1S/C25H24NO4.CHF3O3S/c1-18(2)25(28)29-17-15-24(27)30-21-12-9-19(10-13-21)8-11-20-14-16-26(3)23-7-5-4-6-22(20)23;2-1(3,4)8(5,6)7/h4-14,16H,1,15,17H2,2-3H3;(H,5,6,7)/q+1;/p-1. The number of aryl methyl sites for hydroxylation is 1. The maximum Gasteiger partial charge on any atom is 0.485 e.